The van der Waals surface area contributed by atoms with Crippen molar-refractivity contribution in [3.05, 3.63) is 52.3 Å². The molecule has 0 aliphatic rings. The molecule has 0 radical (unpaired) electrons. The van der Waals surface area contributed by atoms with Gasteiger partial charge in [-0.25, -0.2) is 4.68 Å². The van der Waals surface area contributed by atoms with E-state index in [-0.39, 0.29) is 11.0 Å². The second kappa shape index (κ2) is 7.01. The minimum Gasteiger partial charge on any atom is -0.318 e. The molecule has 0 fully saturated rings. The van der Waals surface area contributed by atoms with Crippen LogP contribution < -0.4 is 0 Å². The second-order valence-electron chi connectivity index (χ2n) is 5.81. The van der Waals surface area contributed by atoms with E-state index < -0.39 is 0 Å². The molecule has 2 heterocycles. The van der Waals surface area contributed by atoms with Crippen molar-refractivity contribution in [1.29, 1.82) is 0 Å². The first kappa shape index (κ1) is 17.7. The second-order valence-corrected chi connectivity index (χ2v) is 7.55. The number of hydrogen-bond acceptors (Lipinski definition) is 5. The molecule has 0 bridgehead atoms. The van der Waals surface area contributed by atoms with E-state index in [1.165, 1.54) is 11.8 Å². The van der Waals surface area contributed by atoms with E-state index in [1.807, 2.05) is 51.1 Å². The third-order valence-electron chi connectivity index (χ3n) is 4.01. The number of Topliss-reactive ketones (excluding diaryl/α,β-unsaturated/α-hetero) is 1. The first-order valence-electron chi connectivity index (χ1n) is 7.76. The Bertz CT molecular complexity index is 916. The van der Waals surface area contributed by atoms with Crippen LogP contribution in [0.5, 0.6) is 0 Å². The maximum absolute atomic E-state index is 12.9. The number of rotatable bonds is 5. The topological polar surface area (TPSA) is 65.6 Å². The zero-order valence-corrected chi connectivity index (χ0v) is 16.0. The highest BCUT2D eigenvalue weighted by atomic mass is 35.5. The van der Waals surface area contributed by atoms with Crippen LogP contribution in [0.25, 0.3) is 5.69 Å². The molecule has 0 amide bonds. The van der Waals surface area contributed by atoms with Crippen molar-refractivity contribution < 1.29 is 4.79 Å². The first-order valence-corrected chi connectivity index (χ1v) is 9.02. The summed E-state index contributed by atoms with van der Waals surface area (Å²) in [5, 5.41) is 12.3. The number of nitrogens with zero attached hydrogens (tertiary/aromatic N) is 5. The quantitative estimate of drug-likeness (QED) is 0.503. The number of aryl methyl sites for hydroxylation is 2. The first-order chi connectivity index (χ1) is 11.9. The molecular formula is C17H18ClN5OS. The molecule has 6 nitrogen and oxygen atoms in total. The summed E-state index contributed by atoms with van der Waals surface area (Å²) in [6.45, 7) is 5.81. The monoisotopic (exact) mass is 375 g/mol. The summed E-state index contributed by atoms with van der Waals surface area (Å²) in [5.74, 6) is 0.0568. The molecule has 0 aliphatic carbocycles. The Morgan fingerprint density at radius 1 is 1.24 bits per heavy atom. The maximum atomic E-state index is 12.9. The van der Waals surface area contributed by atoms with Crippen molar-refractivity contribution in [3.8, 4) is 5.69 Å². The molecule has 130 valence electrons. The highest BCUT2D eigenvalue weighted by Gasteiger charge is 2.23. The van der Waals surface area contributed by atoms with Gasteiger partial charge in [0.2, 0.25) is 5.16 Å². The molecule has 3 rings (SSSR count). The molecule has 2 aromatic heterocycles. The lowest BCUT2D eigenvalue weighted by atomic mass is 10.1. The van der Waals surface area contributed by atoms with Crippen LogP contribution in [0.3, 0.4) is 0 Å². The number of tetrazole rings is 1. The number of carbonyl (C=O) groups excluding carboxylic acids is 1. The molecule has 25 heavy (non-hydrogen) atoms. The van der Waals surface area contributed by atoms with E-state index in [1.54, 1.807) is 11.7 Å². The molecule has 0 N–H and O–H groups in total. The Balaban J connectivity index is 1.90. The molecule has 8 heteroatoms. The van der Waals surface area contributed by atoms with Crippen molar-refractivity contribution in [2.45, 2.75) is 31.2 Å². The van der Waals surface area contributed by atoms with Crippen LogP contribution in [0.15, 0.2) is 35.5 Å². The van der Waals surface area contributed by atoms with Gasteiger partial charge in [-0.2, -0.15) is 0 Å². The Morgan fingerprint density at radius 3 is 2.52 bits per heavy atom. The molecule has 1 aromatic carbocycles. The zero-order valence-electron chi connectivity index (χ0n) is 14.4. The minimum atomic E-state index is -0.288. The van der Waals surface area contributed by atoms with Gasteiger partial charge >= 0.3 is 0 Å². The number of thioether (sulfide) groups is 1. The lowest BCUT2D eigenvalue weighted by Crippen LogP contribution is -2.15. The third-order valence-corrected chi connectivity index (χ3v) is 5.39. The van der Waals surface area contributed by atoms with Crippen molar-refractivity contribution in [2.24, 2.45) is 7.05 Å². The molecular weight excluding hydrogens is 358 g/mol. The number of hydrogen-bond donors (Lipinski definition) is 0. The Kier molecular flexibility index (Phi) is 4.96. The highest BCUT2D eigenvalue weighted by molar-refractivity contribution is 8.00. The summed E-state index contributed by atoms with van der Waals surface area (Å²) >= 11 is 7.32. The van der Waals surface area contributed by atoms with Crippen LogP contribution in [0.1, 0.15) is 28.7 Å². The number of benzene rings is 1. The van der Waals surface area contributed by atoms with Crippen molar-refractivity contribution >= 4 is 29.1 Å². The summed E-state index contributed by atoms with van der Waals surface area (Å²) in [7, 11) is 1.76. The minimum absolute atomic E-state index is 0.0568. The lowest BCUT2D eigenvalue weighted by Gasteiger charge is -2.11. The van der Waals surface area contributed by atoms with Gasteiger partial charge in [0.05, 0.1) is 5.25 Å². The van der Waals surface area contributed by atoms with Crippen molar-refractivity contribution in [3.63, 3.8) is 0 Å². The van der Waals surface area contributed by atoms with E-state index in [4.69, 9.17) is 11.6 Å². The van der Waals surface area contributed by atoms with Gasteiger partial charge < -0.3 is 4.57 Å². The van der Waals surface area contributed by atoms with Gasteiger partial charge in [-0.15, -0.1) is 5.10 Å². The van der Waals surface area contributed by atoms with E-state index in [2.05, 4.69) is 20.1 Å². The van der Waals surface area contributed by atoms with E-state index in [0.29, 0.717) is 15.7 Å². The van der Waals surface area contributed by atoms with Gasteiger partial charge in [0.1, 0.15) is 0 Å². The number of ketones is 1. The molecule has 0 spiro atoms. The van der Waals surface area contributed by atoms with Crippen LogP contribution in [0, 0.1) is 13.8 Å². The molecule has 0 unspecified atom stereocenters. The number of halogens is 1. The average molecular weight is 376 g/mol. The van der Waals surface area contributed by atoms with E-state index in [0.717, 1.165) is 17.1 Å². The number of carbonyl (C=O) groups is 1. The largest absolute Gasteiger partial charge is 0.318 e. The molecule has 1 atom stereocenters. The Labute approximate surface area is 155 Å². The molecule has 0 saturated carbocycles. The summed E-state index contributed by atoms with van der Waals surface area (Å²) in [6.07, 6.45) is 0. The van der Waals surface area contributed by atoms with Gasteiger partial charge in [-0.3, -0.25) is 4.79 Å². The van der Waals surface area contributed by atoms with Gasteiger partial charge in [-0.05, 0) is 61.5 Å². The van der Waals surface area contributed by atoms with Gasteiger partial charge in [-0.1, -0.05) is 23.4 Å². The zero-order chi connectivity index (χ0) is 18.1. The van der Waals surface area contributed by atoms with Crippen molar-refractivity contribution in [2.75, 3.05) is 0 Å². The fraction of sp³-hybridized carbons (Fsp3) is 0.294. The average Bonchev–Trinajstić information content (AvgIpc) is 3.11. The van der Waals surface area contributed by atoms with Crippen LogP contribution in [0.4, 0.5) is 0 Å². The summed E-state index contributed by atoms with van der Waals surface area (Å²) in [6, 6.07) is 9.51. The smallest absolute Gasteiger partial charge is 0.209 e. The Morgan fingerprint density at radius 2 is 1.92 bits per heavy atom. The maximum Gasteiger partial charge on any atom is 0.209 e. The van der Waals surface area contributed by atoms with Crippen LogP contribution in [-0.2, 0) is 7.05 Å². The fourth-order valence-electron chi connectivity index (χ4n) is 2.75. The normalized spacial score (nSPS) is 12.4. The summed E-state index contributed by atoms with van der Waals surface area (Å²) < 4.78 is 3.62. The predicted molar refractivity (Wildman–Crippen MR) is 98.7 cm³/mol. The fourth-order valence-corrected chi connectivity index (χ4v) is 3.70. The van der Waals surface area contributed by atoms with Gasteiger partial charge in [0.25, 0.3) is 0 Å². The van der Waals surface area contributed by atoms with Crippen LogP contribution >= 0.6 is 23.4 Å². The Hall–Kier alpha value is -2.12. The van der Waals surface area contributed by atoms with E-state index in [9.17, 15) is 4.79 Å². The lowest BCUT2D eigenvalue weighted by molar-refractivity contribution is 0.0993. The molecule has 3 aromatic rings. The molecule has 0 saturated heterocycles. The summed E-state index contributed by atoms with van der Waals surface area (Å²) in [5.41, 5.74) is 3.60. The predicted octanol–water partition coefficient (Wildman–Crippen LogP) is 3.63. The standard InChI is InChI=1S/C17H18ClN5OS/c1-10-9-15(11(2)23(10)14-7-5-13(18)6-8-14)16(24)12(3)25-17-19-20-21-22(17)4/h5-9,12H,1-4H3/t12-/m0/s1. The van der Waals surface area contributed by atoms with Gasteiger partial charge in [0.15, 0.2) is 5.78 Å². The summed E-state index contributed by atoms with van der Waals surface area (Å²) in [4.78, 5) is 12.9. The van der Waals surface area contributed by atoms with Gasteiger partial charge in [0, 0.05) is 34.7 Å². The van der Waals surface area contributed by atoms with Crippen LogP contribution in [0.2, 0.25) is 5.02 Å². The highest BCUT2D eigenvalue weighted by Crippen LogP contribution is 2.27. The number of aromatic nitrogens is 5. The van der Waals surface area contributed by atoms with Crippen LogP contribution in [-0.4, -0.2) is 35.8 Å². The van der Waals surface area contributed by atoms with E-state index >= 15 is 0 Å². The SMILES string of the molecule is Cc1cc(C(=O)[C@H](C)Sc2nnnn2C)c(C)n1-c1ccc(Cl)cc1. The van der Waals surface area contributed by atoms with Crippen molar-refractivity contribution in [1.82, 2.24) is 24.8 Å². The molecule has 0 aliphatic heterocycles. The third kappa shape index (κ3) is 3.48.